The van der Waals surface area contributed by atoms with Gasteiger partial charge in [-0.15, -0.1) is 11.3 Å². The van der Waals surface area contributed by atoms with E-state index in [1.54, 1.807) is 6.20 Å². The van der Waals surface area contributed by atoms with E-state index >= 15 is 0 Å². The van der Waals surface area contributed by atoms with Gasteiger partial charge in [0.1, 0.15) is 6.33 Å². The number of thiophene rings is 1. The number of H-pyrrole nitrogens is 1. The minimum Gasteiger partial charge on any atom is -0.395 e. The number of rotatable bonds is 5. The minimum atomic E-state index is -0.414. The van der Waals surface area contributed by atoms with Gasteiger partial charge in [-0.05, 0) is 42.4 Å². The number of nitrogens with one attached hydrogen (secondary N) is 1. The highest BCUT2D eigenvalue weighted by Gasteiger charge is 2.29. The van der Waals surface area contributed by atoms with E-state index in [1.165, 1.54) is 28.1 Å². The fraction of sp³-hybridized carbons (Fsp3) is 0.273. The van der Waals surface area contributed by atoms with Crippen molar-refractivity contribution >= 4 is 28.3 Å². The van der Waals surface area contributed by atoms with E-state index in [0.717, 1.165) is 53.5 Å². The summed E-state index contributed by atoms with van der Waals surface area (Å²) in [4.78, 5) is 22.6. The Balaban J connectivity index is 1.56. The molecule has 1 aliphatic carbocycles. The molecule has 0 fully saturated rings. The van der Waals surface area contributed by atoms with E-state index in [0.29, 0.717) is 10.5 Å². The van der Waals surface area contributed by atoms with Gasteiger partial charge in [0, 0.05) is 16.4 Å². The van der Waals surface area contributed by atoms with Gasteiger partial charge in [0.05, 0.1) is 28.8 Å². The number of nitrogens with two attached hydrogens (primary N) is 1. The molecule has 3 aromatic heterocycles. The zero-order valence-corrected chi connectivity index (χ0v) is 17.1. The molecule has 1 amide bonds. The zero-order chi connectivity index (χ0) is 20.7. The zero-order valence-electron chi connectivity index (χ0n) is 16.3. The molecule has 152 valence electrons. The second kappa shape index (κ2) is 7.62. The van der Waals surface area contributed by atoms with E-state index in [4.69, 9.17) is 5.73 Å². The van der Waals surface area contributed by atoms with Crippen molar-refractivity contribution in [1.29, 1.82) is 0 Å². The molecule has 0 radical (unpaired) electrons. The van der Waals surface area contributed by atoms with Gasteiger partial charge in [-0.1, -0.05) is 24.3 Å². The monoisotopic (exact) mass is 419 g/mol. The van der Waals surface area contributed by atoms with Crippen LogP contribution in [0.2, 0.25) is 0 Å². The van der Waals surface area contributed by atoms with Crippen molar-refractivity contribution in [1.82, 2.24) is 20.2 Å². The summed E-state index contributed by atoms with van der Waals surface area (Å²) in [6, 6.07) is 7.94. The summed E-state index contributed by atoms with van der Waals surface area (Å²) in [5.41, 5.74) is 11.2. The standard InChI is InChI=1S/C22H21N5O2S/c23-21(29)20-18(14-3-1-2-4-17(14)30-20)16(10-28)12-5-7-13(8-6-12)19-15-9-26-27-22(15)25-11-24-19/h5-9,11,16,28H,1-4,10H2,(H2,23,29)(H,24,25,26,27). The third kappa shape index (κ3) is 3.09. The molecule has 4 N–H and O–H groups in total. The van der Waals surface area contributed by atoms with Crippen molar-refractivity contribution in [2.45, 2.75) is 31.6 Å². The molecular weight excluding hydrogens is 398 g/mol. The number of aromatic nitrogens is 4. The predicted molar refractivity (Wildman–Crippen MR) is 116 cm³/mol. The first-order valence-corrected chi connectivity index (χ1v) is 10.8. The molecule has 0 saturated heterocycles. The lowest BCUT2D eigenvalue weighted by Gasteiger charge is -2.20. The third-order valence-corrected chi connectivity index (χ3v) is 7.12. The van der Waals surface area contributed by atoms with Gasteiger partial charge in [0.15, 0.2) is 5.65 Å². The van der Waals surface area contributed by atoms with E-state index in [2.05, 4.69) is 20.2 Å². The van der Waals surface area contributed by atoms with Crippen LogP contribution in [0.1, 0.15) is 50.0 Å². The van der Waals surface area contributed by atoms with Gasteiger partial charge in [-0.2, -0.15) is 5.10 Å². The first kappa shape index (κ1) is 18.9. The molecule has 1 atom stereocenters. The maximum absolute atomic E-state index is 12.2. The van der Waals surface area contributed by atoms with E-state index in [1.807, 2.05) is 24.3 Å². The number of hydrogen-bond donors (Lipinski definition) is 3. The Morgan fingerprint density at radius 2 is 2.00 bits per heavy atom. The van der Waals surface area contributed by atoms with Crippen LogP contribution in [0.25, 0.3) is 22.3 Å². The highest BCUT2D eigenvalue weighted by Crippen LogP contribution is 2.41. The number of hydrogen-bond acceptors (Lipinski definition) is 6. The first-order chi connectivity index (χ1) is 14.7. The third-order valence-electron chi connectivity index (χ3n) is 5.80. The second-order valence-corrected chi connectivity index (χ2v) is 8.63. The Bertz CT molecular complexity index is 1230. The van der Waals surface area contributed by atoms with Crippen molar-refractivity contribution in [3.8, 4) is 11.3 Å². The smallest absolute Gasteiger partial charge is 0.259 e. The van der Waals surface area contributed by atoms with Gasteiger partial charge in [0.2, 0.25) is 0 Å². The number of aliphatic hydroxyl groups excluding tert-OH is 1. The van der Waals surface area contributed by atoms with Crippen LogP contribution in [-0.4, -0.2) is 37.8 Å². The Morgan fingerprint density at radius 3 is 2.77 bits per heavy atom. The van der Waals surface area contributed by atoms with Gasteiger partial charge < -0.3 is 10.8 Å². The molecule has 0 spiro atoms. The molecule has 1 aliphatic rings. The molecule has 0 aliphatic heterocycles. The number of nitrogens with zero attached hydrogens (tertiary/aromatic N) is 3. The molecule has 5 rings (SSSR count). The normalized spacial score (nSPS) is 14.6. The number of aryl methyl sites for hydroxylation is 1. The predicted octanol–water partition coefficient (Wildman–Crippen LogP) is 3.18. The Hall–Kier alpha value is -3.10. The summed E-state index contributed by atoms with van der Waals surface area (Å²) in [6.45, 7) is -0.0811. The van der Waals surface area contributed by atoms with Gasteiger partial charge in [-0.3, -0.25) is 9.89 Å². The highest BCUT2D eigenvalue weighted by molar-refractivity contribution is 7.14. The number of benzene rings is 1. The largest absolute Gasteiger partial charge is 0.395 e. The van der Waals surface area contributed by atoms with E-state index < -0.39 is 5.91 Å². The minimum absolute atomic E-state index is 0.0811. The van der Waals surface area contributed by atoms with Crippen molar-refractivity contribution in [3.63, 3.8) is 0 Å². The Kier molecular flexibility index (Phi) is 4.80. The number of aromatic amines is 1. The molecule has 1 unspecified atom stereocenters. The molecule has 0 bridgehead atoms. The topological polar surface area (TPSA) is 118 Å². The van der Waals surface area contributed by atoms with Crippen molar-refractivity contribution < 1.29 is 9.90 Å². The number of amides is 1. The summed E-state index contributed by atoms with van der Waals surface area (Å²) in [5, 5.41) is 18.0. The average molecular weight is 420 g/mol. The van der Waals surface area contributed by atoms with E-state index in [-0.39, 0.29) is 12.5 Å². The van der Waals surface area contributed by atoms with Crippen LogP contribution in [0.5, 0.6) is 0 Å². The lowest BCUT2D eigenvalue weighted by atomic mass is 9.84. The molecule has 4 aromatic rings. The molecule has 30 heavy (non-hydrogen) atoms. The summed E-state index contributed by atoms with van der Waals surface area (Å²) >= 11 is 1.50. The van der Waals surface area contributed by atoms with Crippen molar-refractivity contribution in [2.75, 3.05) is 6.61 Å². The first-order valence-electron chi connectivity index (χ1n) is 9.97. The number of aliphatic hydroxyl groups is 1. The van der Waals surface area contributed by atoms with Gasteiger partial charge >= 0.3 is 0 Å². The van der Waals surface area contributed by atoms with Crippen LogP contribution in [-0.2, 0) is 12.8 Å². The number of primary amides is 1. The Morgan fingerprint density at radius 1 is 1.20 bits per heavy atom. The molecule has 0 saturated carbocycles. The van der Waals surface area contributed by atoms with Crippen LogP contribution in [0.15, 0.2) is 36.8 Å². The second-order valence-electron chi connectivity index (χ2n) is 7.53. The van der Waals surface area contributed by atoms with Crippen LogP contribution in [0, 0.1) is 0 Å². The fourth-order valence-corrected chi connectivity index (χ4v) is 5.68. The Labute approximate surface area is 177 Å². The summed E-state index contributed by atoms with van der Waals surface area (Å²) in [5.74, 6) is -0.693. The van der Waals surface area contributed by atoms with Crippen LogP contribution < -0.4 is 5.73 Å². The molecule has 3 heterocycles. The van der Waals surface area contributed by atoms with Crippen LogP contribution in [0.4, 0.5) is 0 Å². The summed E-state index contributed by atoms with van der Waals surface area (Å²) in [7, 11) is 0. The lowest BCUT2D eigenvalue weighted by Crippen LogP contribution is -2.17. The molecule has 8 heteroatoms. The van der Waals surface area contributed by atoms with Crippen molar-refractivity contribution in [3.05, 3.63) is 63.2 Å². The maximum atomic E-state index is 12.2. The van der Waals surface area contributed by atoms with Gasteiger partial charge in [0.25, 0.3) is 5.91 Å². The quantitative estimate of drug-likeness (QED) is 0.459. The lowest BCUT2D eigenvalue weighted by molar-refractivity contribution is 0.100. The summed E-state index contributed by atoms with van der Waals surface area (Å²) < 4.78 is 0. The van der Waals surface area contributed by atoms with Gasteiger partial charge in [-0.25, -0.2) is 9.97 Å². The molecule has 1 aromatic carbocycles. The number of carbonyl (C=O) groups excluding carboxylic acids is 1. The van der Waals surface area contributed by atoms with Crippen LogP contribution in [0.3, 0.4) is 0 Å². The van der Waals surface area contributed by atoms with Crippen LogP contribution >= 0.6 is 11.3 Å². The SMILES string of the molecule is NC(=O)c1sc2c(c1C(CO)c1ccc(-c3ncnc4[nH]ncc34)cc1)CCCC2. The van der Waals surface area contributed by atoms with E-state index in [9.17, 15) is 9.90 Å². The highest BCUT2D eigenvalue weighted by atomic mass is 32.1. The maximum Gasteiger partial charge on any atom is 0.259 e. The fourth-order valence-electron chi connectivity index (χ4n) is 4.37. The molecule has 7 nitrogen and oxygen atoms in total. The number of carbonyl (C=O) groups is 1. The average Bonchev–Trinajstić information content (AvgIpc) is 3.40. The van der Waals surface area contributed by atoms with Crippen molar-refractivity contribution in [2.24, 2.45) is 5.73 Å². The number of fused-ring (bicyclic) bond motifs is 2. The molecular formula is C22H21N5O2S. The summed E-state index contributed by atoms with van der Waals surface area (Å²) in [6.07, 6.45) is 7.36.